The Labute approximate surface area is 97.6 Å². The smallest absolute Gasteiger partial charge is 0.113 e. The van der Waals surface area contributed by atoms with Crippen LogP contribution in [0.4, 0.5) is 0 Å². The van der Waals surface area contributed by atoms with Crippen LogP contribution in [-0.4, -0.2) is 29.9 Å². The third kappa shape index (κ3) is 2.25. The minimum Gasteiger partial charge on any atom is -0.351 e. The first-order valence-corrected chi connectivity index (χ1v) is 5.39. The Kier molecular flexibility index (Phi) is 2.45. The fourth-order valence-corrected chi connectivity index (χ4v) is 1.71. The number of hydrogen-bond donors (Lipinski definition) is 3. The van der Waals surface area contributed by atoms with Gasteiger partial charge in [0.05, 0.1) is 24.1 Å². The average molecular weight is 228 g/mol. The van der Waals surface area contributed by atoms with Gasteiger partial charge in [0, 0.05) is 31.2 Å². The van der Waals surface area contributed by atoms with Crippen molar-refractivity contribution in [1.82, 2.24) is 29.9 Å². The number of aromatic amines is 3. The first-order valence-electron chi connectivity index (χ1n) is 5.39. The molecule has 0 saturated heterocycles. The second-order valence-corrected chi connectivity index (χ2v) is 3.79. The Morgan fingerprint density at radius 2 is 1.94 bits per heavy atom. The van der Waals surface area contributed by atoms with Crippen LogP contribution in [0.1, 0.15) is 23.0 Å². The van der Waals surface area contributed by atoms with Gasteiger partial charge in [0.2, 0.25) is 0 Å². The van der Waals surface area contributed by atoms with Gasteiger partial charge in [-0.25, -0.2) is 15.0 Å². The van der Waals surface area contributed by atoms with Gasteiger partial charge in [-0.15, -0.1) is 0 Å². The van der Waals surface area contributed by atoms with Gasteiger partial charge in [-0.2, -0.15) is 0 Å². The molecule has 17 heavy (non-hydrogen) atoms. The summed E-state index contributed by atoms with van der Waals surface area (Å²) in [6.07, 6.45) is 10.4. The topological polar surface area (TPSA) is 86.0 Å². The van der Waals surface area contributed by atoms with Crippen molar-refractivity contribution in [3.8, 4) is 0 Å². The van der Waals surface area contributed by atoms with Crippen molar-refractivity contribution in [3.05, 3.63) is 54.2 Å². The van der Waals surface area contributed by atoms with Gasteiger partial charge in [0.25, 0.3) is 0 Å². The quantitative estimate of drug-likeness (QED) is 0.623. The van der Waals surface area contributed by atoms with Crippen LogP contribution < -0.4 is 0 Å². The predicted molar refractivity (Wildman–Crippen MR) is 61.4 cm³/mol. The number of H-pyrrole nitrogens is 3. The summed E-state index contributed by atoms with van der Waals surface area (Å²) in [5, 5.41) is 0. The molecule has 0 aromatic carbocycles. The van der Waals surface area contributed by atoms with E-state index in [1.54, 1.807) is 12.5 Å². The number of aromatic nitrogens is 6. The molecule has 3 N–H and O–H groups in total. The first-order chi connectivity index (χ1) is 8.40. The molecular formula is C11H12N6. The van der Waals surface area contributed by atoms with E-state index in [1.165, 1.54) is 0 Å². The average Bonchev–Trinajstić information content (AvgIpc) is 3.02. The van der Waals surface area contributed by atoms with E-state index in [2.05, 4.69) is 29.9 Å². The van der Waals surface area contributed by atoms with Crippen molar-refractivity contribution in [2.75, 3.05) is 0 Å². The lowest BCUT2D eigenvalue weighted by Crippen LogP contribution is -1.94. The van der Waals surface area contributed by atoms with Crippen LogP contribution in [-0.2, 0) is 12.8 Å². The molecular weight excluding hydrogens is 216 g/mol. The zero-order valence-electron chi connectivity index (χ0n) is 9.14. The normalized spacial score (nSPS) is 10.8. The van der Waals surface area contributed by atoms with E-state index in [0.717, 1.165) is 29.5 Å². The maximum absolute atomic E-state index is 4.49. The van der Waals surface area contributed by atoms with Gasteiger partial charge in [-0.05, 0) is 0 Å². The molecule has 0 atom stereocenters. The molecule has 0 aliphatic heterocycles. The minimum absolute atomic E-state index is 0.688. The van der Waals surface area contributed by atoms with Gasteiger partial charge in [-0.3, -0.25) is 0 Å². The highest BCUT2D eigenvalue weighted by Crippen LogP contribution is 2.06. The third-order valence-electron chi connectivity index (χ3n) is 2.49. The van der Waals surface area contributed by atoms with Gasteiger partial charge in [0.15, 0.2) is 0 Å². The molecule has 0 aliphatic carbocycles. The highest BCUT2D eigenvalue weighted by atomic mass is 15.0. The van der Waals surface area contributed by atoms with Crippen LogP contribution in [0.3, 0.4) is 0 Å². The zero-order valence-corrected chi connectivity index (χ0v) is 9.14. The SMILES string of the molecule is c1c[nH]c(Cc2nc(Cc3c[nH]cn3)c[nH]2)n1. The lowest BCUT2D eigenvalue weighted by Gasteiger charge is -1.92. The van der Waals surface area contributed by atoms with Crippen LogP contribution in [0.2, 0.25) is 0 Å². The Morgan fingerprint density at radius 1 is 0.941 bits per heavy atom. The van der Waals surface area contributed by atoms with Gasteiger partial charge < -0.3 is 15.0 Å². The summed E-state index contributed by atoms with van der Waals surface area (Å²) >= 11 is 0. The summed E-state index contributed by atoms with van der Waals surface area (Å²) in [4.78, 5) is 22.0. The Balaban J connectivity index is 1.70. The van der Waals surface area contributed by atoms with Crippen molar-refractivity contribution in [2.24, 2.45) is 0 Å². The number of nitrogens with one attached hydrogen (secondary N) is 3. The molecule has 0 fully saturated rings. The monoisotopic (exact) mass is 228 g/mol. The zero-order chi connectivity index (χ0) is 11.5. The largest absolute Gasteiger partial charge is 0.351 e. The summed E-state index contributed by atoms with van der Waals surface area (Å²) in [7, 11) is 0. The molecule has 0 unspecified atom stereocenters. The van der Waals surface area contributed by atoms with E-state index in [9.17, 15) is 0 Å². The van der Waals surface area contributed by atoms with E-state index in [4.69, 9.17) is 0 Å². The maximum atomic E-state index is 4.49. The van der Waals surface area contributed by atoms with Gasteiger partial charge >= 0.3 is 0 Å². The molecule has 3 rings (SSSR count). The lowest BCUT2D eigenvalue weighted by molar-refractivity contribution is 0.932. The van der Waals surface area contributed by atoms with Gasteiger partial charge in [-0.1, -0.05) is 0 Å². The Morgan fingerprint density at radius 3 is 2.71 bits per heavy atom. The van der Waals surface area contributed by atoms with Crippen LogP contribution in [0.25, 0.3) is 0 Å². The van der Waals surface area contributed by atoms with E-state index in [-0.39, 0.29) is 0 Å². The minimum atomic E-state index is 0.688. The fourth-order valence-electron chi connectivity index (χ4n) is 1.71. The second kappa shape index (κ2) is 4.25. The van der Waals surface area contributed by atoms with Crippen molar-refractivity contribution in [3.63, 3.8) is 0 Å². The standard InChI is InChI=1S/C11H12N6/c1-2-14-10(13-1)4-11-15-6-9(17-11)3-8-5-12-7-16-8/h1-2,5-7H,3-4H2,(H,12,16)(H,13,14)(H,15,17). The molecule has 0 bridgehead atoms. The molecule has 0 spiro atoms. The third-order valence-corrected chi connectivity index (χ3v) is 2.49. The number of hydrogen-bond acceptors (Lipinski definition) is 3. The maximum Gasteiger partial charge on any atom is 0.113 e. The Bertz CT molecular complexity index is 512. The highest BCUT2D eigenvalue weighted by molar-refractivity contribution is 5.12. The lowest BCUT2D eigenvalue weighted by atomic mass is 10.3. The molecule has 3 aromatic rings. The molecule has 0 radical (unpaired) electrons. The molecule has 3 heterocycles. The molecule has 6 nitrogen and oxygen atoms in total. The van der Waals surface area contributed by atoms with E-state index >= 15 is 0 Å². The van der Waals surface area contributed by atoms with E-state index in [0.29, 0.717) is 6.42 Å². The second-order valence-electron chi connectivity index (χ2n) is 3.79. The van der Waals surface area contributed by atoms with E-state index in [1.807, 2.05) is 18.6 Å². The summed E-state index contributed by atoms with van der Waals surface area (Å²) in [5.41, 5.74) is 1.97. The molecule has 6 heteroatoms. The molecule has 0 saturated carbocycles. The molecule has 0 aliphatic rings. The first kappa shape index (κ1) is 9.83. The predicted octanol–water partition coefficient (Wildman–Crippen LogP) is 1.04. The Hall–Kier alpha value is -2.37. The number of imidazole rings is 3. The van der Waals surface area contributed by atoms with E-state index < -0.39 is 0 Å². The van der Waals surface area contributed by atoms with Crippen molar-refractivity contribution in [2.45, 2.75) is 12.8 Å². The van der Waals surface area contributed by atoms with Crippen molar-refractivity contribution < 1.29 is 0 Å². The van der Waals surface area contributed by atoms with Crippen LogP contribution in [0.5, 0.6) is 0 Å². The summed E-state index contributed by atoms with van der Waals surface area (Å²) < 4.78 is 0. The molecule has 3 aromatic heterocycles. The van der Waals surface area contributed by atoms with Crippen molar-refractivity contribution >= 4 is 0 Å². The molecule has 0 amide bonds. The summed E-state index contributed by atoms with van der Waals surface area (Å²) in [5.74, 6) is 1.82. The van der Waals surface area contributed by atoms with Gasteiger partial charge in [0.1, 0.15) is 11.6 Å². The summed E-state index contributed by atoms with van der Waals surface area (Å²) in [6, 6.07) is 0. The fraction of sp³-hybridized carbons (Fsp3) is 0.182. The van der Waals surface area contributed by atoms with Crippen LogP contribution in [0, 0.1) is 0 Å². The van der Waals surface area contributed by atoms with Crippen LogP contribution >= 0.6 is 0 Å². The number of rotatable bonds is 4. The summed E-state index contributed by atoms with van der Waals surface area (Å²) in [6.45, 7) is 0. The van der Waals surface area contributed by atoms with Crippen LogP contribution in [0.15, 0.2) is 31.1 Å². The molecule has 86 valence electrons. The highest BCUT2D eigenvalue weighted by Gasteiger charge is 2.05. The number of nitrogens with zero attached hydrogens (tertiary/aromatic N) is 3. The van der Waals surface area contributed by atoms with Crippen molar-refractivity contribution in [1.29, 1.82) is 0 Å².